The first-order valence-electron chi connectivity index (χ1n) is 6.60. The van der Waals surface area contributed by atoms with Crippen molar-refractivity contribution in [1.29, 1.82) is 0 Å². The van der Waals surface area contributed by atoms with E-state index in [1.165, 1.54) is 6.07 Å². The van der Waals surface area contributed by atoms with Gasteiger partial charge >= 0.3 is 0 Å². The minimum Gasteiger partial charge on any atom is -0.454 e. The zero-order valence-corrected chi connectivity index (χ0v) is 13.3. The van der Waals surface area contributed by atoms with Gasteiger partial charge in [-0.1, -0.05) is 43.1 Å². The van der Waals surface area contributed by atoms with Gasteiger partial charge in [0.1, 0.15) is 5.75 Å². The van der Waals surface area contributed by atoms with Gasteiger partial charge in [-0.05, 0) is 29.8 Å². The van der Waals surface area contributed by atoms with Crippen molar-refractivity contribution in [2.45, 2.75) is 26.4 Å². The van der Waals surface area contributed by atoms with E-state index in [-0.39, 0.29) is 5.75 Å². The van der Waals surface area contributed by atoms with Crippen molar-refractivity contribution in [3.63, 3.8) is 0 Å². The Labute approximate surface area is 133 Å². The highest BCUT2D eigenvalue weighted by Gasteiger charge is 2.08. The summed E-state index contributed by atoms with van der Waals surface area (Å²) >= 11 is 11.7. The molecule has 2 nitrogen and oxygen atoms in total. The van der Waals surface area contributed by atoms with E-state index >= 15 is 0 Å². The Kier molecular flexibility index (Phi) is 5.45. The van der Waals surface area contributed by atoms with E-state index in [9.17, 15) is 4.39 Å². The van der Waals surface area contributed by atoms with Crippen LogP contribution in [0.3, 0.4) is 0 Å². The van der Waals surface area contributed by atoms with Crippen LogP contribution in [0.15, 0.2) is 36.4 Å². The minimum absolute atomic E-state index is 0.154. The molecule has 0 aliphatic heterocycles. The third-order valence-corrected chi connectivity index (χ3v) is 3.57. The van der Waals surface area contributed by atoms with Crippen molar-refractivity contribution < 1.29 is 9.13 Å². The summed E-state index contributed by atoms with van der Waals surface area (Å²) in [7, 11) is 0. The lowest BCUT2D eigenvalue weighted by Crippen LogP contribution is -2.21. The van der Waals surface area contributed by atoms with Gasteiger partial charge in [-0.25, -0.2) is 4.39 Å². The Morgan fingerprint density at radius 3 is 2.48 bits per heavy atom. The molecule has 0 aliphatic carbocycles. The SMILES string of the molecule is CC(C)NCc1ccc(Oc2ccc(Cl)c(Cl)c2)c(F)c1. The quantitative estimate of drug-likeness (QED) is 0.791. The molecule has 0 aromatic heterocycles. The first kappa shape index (κ1) is 16.1. The Morgan fingerprint density at radius 1 is 1.10 bits per heavy atom. The van der Waals surface area contributed by atoms with E-state index in [1.54, 1.807) is 24.3 Å². The molecule has 0 heterocycles. The molecule has 2 aromatic rings. The fourth-order valence-corrected chi connectivity index (χ4v) is 2.01. The minimum atomic E-state index is -0.413. The van der Waals surface area contributed by atoms with Crippen molar-refractivity contribution in [1.82, 2.24) is 5.32 Å². The van der Waals surface area contributed by atoms with Gasteiger partial charge < -0.3 is 10.1 Å². The zero-order chi connectivity index (χ0) is 15.4. The van der Waals surface area contributed by atoms with Gasteiger partial charge in [0.25, 0.3) is 0 Å². The average molecular weight is 328 g/mol. The van der Waals surface area contributed by atoms with Crippen LogP contribution >= 0.6 is 23.2 Å². The molecule has 0 atom stereocenters. The summed E-state index contributed by atoms with van der Waals surface area (Å²) in [5.41, 5.74) is 0.864. The third kappa shape index (κ3) is 4.60. The molecule has 0 spiro atoms. The van der Waals surface area contributed by atoms with E-state index in [4.69, 9.17) is 27.9 Å². The molecule has 21 heavy (non-hydrogen) atoms. The number of halogens is 3. The summed E-state index contributed by atoms with van der Waals surface area (Å²) in [4.78, 5) is 0. The second-order valence-corrected chi connectivity index (χ2v) is 5.79. The fourth-order valence-electron chi connectivity index (χ4n) is 1.73. The van der Waals surface area contributed by atoms with Crippen LogP contribution in [0.4, 0.5) is 4.39 Å². The molecular formula is C16H16Cl2FNO. The predicted octanol–water partition coefficient (Wildman–Crippen LogP) is 5.42. The van der Waals surface area contributed by atoms with Crippen LogP contribution in [-0.4, -0.2) is 6.04 Å². The smallest absolute Gasteiger partial charge is 0.166 e. The number of benzene rings is 2. The van der Waals surface area contributed by atoms with Gasteiger partial charge in [0.15, 0.2) is 11.6 Å². The van der Waals surface area contributed by atoms with Crippen molar-refractivity contribution in [2.75, 3.05) is 0 Å². The Bertz CT molecular complexity index is 632. The summed E-state index contributed by atoms with van der Waals surface area (Å²) in [6.45, 7) is 4.69. The molecule has 2 aromatic carbocycles. The molecular weight excluding hydrogens is 312 g/mol. The van der Waals surface area contributed by atoms with Crippen LogP contribution in [0.1, 0.15) is 19.4 Å². The fraction of sp³-hybridized carbons (Fsp3) is 0.250. The number of hydrogen-bond donors (Lipinski definition) is 1. The van der Waals surface area contributed by atoms with Gasteiger partial charge in [0.2, 0.25) is 0 Å². The molecule has 0 saturated carbocycles. The van der Waals surface area contributed by atoms with E-state index in [1.807, 2.05) is 19.9 Å². The molecule has 5 heteroatoms. The lowest BCUT2D eigenvalue weighted by atomic mass is 10.2. The predicted molar refractivity (Wildman–Crippen MR) is 84.9 cm³/mol. The van der Waals surface area contributed by atoms with Crippen LogP contribution in [0, 0.1) is 5.82 Å². The molecule has 1 N–H and O–H groups in total. The number of hydrogen-bond acceptors (Lipinski definition) is 2. The first-order chi connectivity index (χ1) is 9.95. The van der Waals surface area contributed by atoms with Gasteiger partial charge in [-0.15, -0.1) is 0 Å². The van der Waals surface area contributed by atoms with E-state index in [2.05, 4.69) is 5.32 Å². The normalized spacial score (nSPS) is 11.0. The van der Waals surface area contributed by atoms with E-state index in [0.29, 0.717) is 28.4 Å². The van der Waals surface area contributed by atoms with Gasteiger partial charge in [0, 0.05) is 18.7 Å². The molecule has 0 fully saturated rings. The monoisotopic (exact) mass is 327 g/mol. The highest BCUT2D eigenvalue weighted by Crippen LogP contribution is 2.30. The van der Waals surface area contributed by atoms with Crippen molar-refractivity contribution >= 4 is 23.2 Å². The molecule has 0 saturated heterocycles. The van der Waals surface area contributed by atoms with Crippen LogP contribution < -0.4 is 10.1 Å². The van der Waals surface area contributed by atoms with Crippen molar-refractivity contribution in [2.24, 2.45) is 0 Å². The molecule has 0 unspecified atom stereocenters. The summed E-state index contributed by atoms with van der Waals surface area (Å²) in [5, 5.41) is 4.03. The molecule has 0 amide bonds. The maximum absolute atomic E-state index is 14.0. The number of rotatable bonds is 5. The van der Waals surface area contributed by atoms with Gasteiger partial charge in [-0.2, -0.15) is 0 Å². The molecule has 0 bridgehead atoms. The maximum Gasteiger partial charge on any atom is 0.166 e. The molecule has 0 aliphatic rings. The largest absolute Gasteiger partial charge is 0.454 e. The molecule has 112 valence electrons. The Balaban J connectivity index is 2.11. The molecule has 0 radical (unpaired) electrons. The summed E-state index contributed by atoms with van der Waals surface area (Å²) in [5.74, 6) is 0.183. The van der Waals surface area contributed by atoms with Crippen LogP contribution in [-0.2, 0) is 6.54 Å². The Morgan fingerprint density at radius 2 is 1.86 bits per heavy atom. The second kappa shape index (κ2) is 7.12. The topological polar surface area (TPSA) is 21.3 Å². The van der Waals surface area contributed by atoms with Crippen molar-refractivity contribution in [3.05, 3.63) is 57.8 Å². The highest BCUT2D eigenvalue weighted by atomic mass is 35.5. The summed E-state index contributed by atoms with van der Waals surface area (Å²) < 4.78 is 19.5. The standard InChI is InChI=1S/C16H16Cl2FNO/c1-10(2)20-9-11-3-6-16(15(19)7-11)21-12-4-5-13(17)14(18)8-12/h3-8,10,20H,9H2,1-2H3. The highest BCUT2D eigenvalue weighted by molar-refractivity contribution is 6.42. The van der Waals surface area contributed by atoms with E-state index < -0.39 is 5.82 Å². The Hall–Kier alpha value is -1.29. The van der Waals surface area contributed by atoms with Crippen LogP contribution in [0.2, 0.25) is 10.0 Å². The maximum atomic E-state index is 14.0. The number of ether oxygens (including phenoxy) is 1. The van der Waals surface area contributed by atoms with Crippen molar-refractivity contribution in [3.8, 4) is 11.5 Å². The summed E-state index contributed by atoms with van der Waals surface area (Å²) in [6, 6.07) is 10.0. The number of nitrogens with one attached hydrogen (secondary N) is 1. The second-order valence-electron chi connectivity index (χ2n) is 4.98. The van der Waals surface area contributed by atoms with Crippen LogP contribution in [0.25, 0.3) is 0 Å². The third-order valence-electron chi connectivity index (χ3n) is 2.83. The van der Waals surface area contributed by atoms with E-state index in [0.717, 1.165) is 5.56 Å². The average Bonchev–Trinajstić information content (AvgIpc) is 2.43. The zero-order valence-electron chi connectivity index (χ0n) is 11.8. The molecule has 2 rings (SSSR count). The van der Waals surface area contributed by atoms with Crippen LogP contribution in [0.5, 0.6) is 11.5 Å². The lowest BCUT2D eigenvalue weighted by molar-refractivity contribution is 0.441. The van der Waals surface area contributed by atoms with Gasteiger partial charge in [0.05, 0.1) is 10.0 Å². The van der Waals surface area contributed by atoms with Gasteiger partial charge in [-0.3, -0.25) is 0 Å². The first-order valence-corrected chi connectivity index (χ1v) is 7.36. The summed E-state index contributed by atoms with van der Waals surface area (Å²) in [6.07, 6.45) is 0. The lowest BCUT2D eigenvalue weighted by Gasteiger charge is -2.11.